The van der Waals surface area contributed by atoms with E-state index in [1.165, 1.54) is 18.2 Å². The normalized spacial score (nSPS) is 11.3. The van der Waals surface area contributed by atoms with Crippen molar-refractivity contribution in [2.24, 2.45) is 0 Å². The van der Waals surface area contributed by atoms with E-state index in [4.69, 9.17) is 15.7 Å². The maximum absolute atomic E-state index is 13.4. The van der Waals surface area contributed by atoms with Gasteiger partial charge in [0, 0.05) is 12.1 Å². The minimum absolute atomic E-state index is 0.122. The van der Waals surface area contributed by atoms with Gasteiger partial charge in [0.25, 0.3) is 0 Å². The van der Waals surface area contributed by atoms with Crippen LogP contribution >= 0.6 is 0 Å². The maximum atomic E-state index is 13.4. The fourth-order valence-corrected chi connectivity index (χ4v) is 2.43. The quantitative estimate of drug-likeness (QED) is 0.666. The Kier molecular flexibility index (Phi) is 3.49. The van der Waals surface area contributed by atoms with Gasteiger partial charge in [-0.1, -0.05) is 0 Å². The van der Waals surface area contributed by atoms with Gasteiger partial charge in [0.2, 0.25) is 0 Å². The van der Waals surface area contributed by atoms with Gasteiger partial charge in [-0.25, -0.2) is 8.78 Å². The van der Waals surface area contributed by atoms with Crippen molar-refractivity contribution in [3.63, 3.8) is 0 Å². The number of nitrogens with two attached hydrogens (primary N) is 2. The van der Waals surface area contributed by atoms with Crippen LogP contribution in [0.15, 0.2) is 41.3 Å². The molecule has 0 saturated heterocycles. The van der Waals surface area contributed by atoms with Gasteiger partial charge < -0.3 is 15.7 Å². The highest BCUT2D eigenvalue weighted by atomic mass is 32.2. The second kappa shape index (κ2) is 4.97. The minimum atomic E-state index is -4.43. The number of nitrogen functional groups attached to an aromatic ring is 2. The highest BCUT2D eigenvalue weighted by Gasteiger charge is 2.22. The molecule has 5 nitrogen and oxygen atoms in total. The highest BCUT2D eigenvalue weighted by Crippen LogP contribution is 2.25. The van der Waals surface area contributed by atoms with Gasteiger partial charge in [-0.3, -0.25) is 0 Å². The molecule has 106 valence electrons. The van der Waals surface area contributed by atoms with E-state index in [1.807, 2.05) is 0 Å². The molecular weight excluding hydrogens is 290 g/mol. The smallest absolute Gasteiger partial charge is 0.342 e. The average molecular weight is 300 g/mol. The summed E-state index contributed by atoms with van der Waals surface area (Å²) in [6.07, 6.45) is 0. The van der Waals surface area contributed by atoms with E-state index in [1.54, 1.807) is 0 Å². The van der Waals surface area contributed by atoms with Gasteiger partial charge >= 0.3 is 10.1 Å². The fraction of sp³-hybridized carbons (Fsp3) is 0. The Morgan fingerprint density at radius 3 is 2.25 bits per heavy atom. The summed E-state index contributed by atoms with van der Waals surface area (Å²) >= 11 is 0. The van der Waals surface area contributed by atoms with E-state index in [2.05, 4.69) is 0 Å². The van der Waals surface area contributed by atoms with Crippen LogP contribution < -0.4 is 15.7 Å². The summed E-state index contributed by atoms with van der Waals surface area (Å²) in [5.41, 5.74) is 11.4. The van der Waals surface area contributed by atoms with Gasteiger partial charge in [-0.2, -0.15) is 8.42 Å². The first-order valence-corrected chi connectivity index (χ1v) is 6.75. The Bertz CT molecular complexity index is 763. The van der Waals surface area contributed by atoms with E-state index in [0.29, 0.717) is 6.07 Å². The van der Waals surface area contributed by atoms with E-state index >= 15 is 0 Å². The lowest BCUT2D eigenvalue weighted by Crippen LogP contribution is -2.12. The molecule has 8 heteroatoms. The number of benzene rings is 2. The summed E-state index contributed by atoms with van der Waals surface area (Å²) in [7, 11) is -4.43. The zero-order valence-electron chi connectivity index (χ0n) is 10.0. The Morgan fingerprint density at radius 1 is 0.950 bits per heavy atom. The van der Waals surface area contributed by atoms with Crippen molar-refractivity contribution in [3.05, 3.63) is 48.0 Å². The molecule has 0 saturated carbocycles. The molecule has 0 bridgehead atoms. The fourth-order valence-electron chi connectivity index (χ4n) is 1.45. The maximum Gasteiger partial charge on any atom is 0.342 e. The zero-order chi connectivity index (χ0) is 14.9. The largest absolute Gasteiger partial charge is 0.397 e. The standard InChI is InChI=1S/C12H10F2N2O3S/c13-7-1-4-12(9(14)5-7)20(17,18)19-8-2-3-10(15)11(16)6-8/h1-6H,15-16H2. The molecule has 2 aromatic rings. The summed E-state index contributed by atoms with van der Waals surface area (Å²) in [4.78, 5) is -0.769. The number of anilines is 2. The SMILES string of the molecule is Nc1ccc(OS(=O)(=O)c2ccc(F)cc2F)cc1N. The first-order chi connectivity index (χ1) is 9.29. The molecule has 2 rings (SSSR count). The Hall–Kier alpha value is -2.35. The topological polar surface area (TPSA) is 95.4 Å². The summed E-state index contributed by atoms with van der Waals surface area (Å²) in [5.74, 6) is -2.26. The molecule has 0 heterocycles. The van der Waals surface area contributed by atoms with Gasteiger partial charge in [-0.15, -0.1) is 0 Å². The molecule has 0 fully saturated rings. The second-order valence-electron chi connectivity index (χ2n) is 3.90. The molecule has 2 aromatic carbocycles. The molecule has 0 amide bonds. The first kappa shape index (κ1) is 14.1. The number of hydrogen-bond acceptors (Lipinski definition) is 5. The van der Waals surface area contributed by atoms with E-state index in [0.717, 1.165) is 12.1 Å². The van der Waals surface area contributed by atoms with Gasteiger partial charge in [0.1, 0.15) is 22.3 Å². The molecule has 0 aromatic heterocycles. The third-order valence-corrected chi connectivity index (χ3v) is 3.71. The molecule has 0 aliphatic rings. The lowest BCUT2D eigenvalue weighted by atomic mass is 10.3. The van der Waals surface area contributed by atoms with Crippen molar-refractivity contribution in [1.82, 2.24) is 0 Å². The summed E-state index contributed by atoms with van der Waals surface area (Å²) in [6.45, 7) is 0. The summed E-state index contributed by atoms with van der Waals surface area (Å²) in [5, 5.41) is 0. The van der Waals surface area contributed by atoms with Crippen LogP contribution in [0.1, 0.15) is 0 Å². The van der Waals surface area contributed by atoms with Crippen molar-refractivity contribution in [2.75, 3.05) is 11.5 Å². The zero-order valence-corrected chi connectivity index (χ0v) is 10.8. The number of hydrogen-bond donors (Lipinski definition) is 2. The van der Waals surface area contributed by atoms with Crippen molar-refractivity contribution in [3.8, 4) is 5.75 Å². The monoisotopic (exact) mass is 300 g/mol. The van der Waals surface area contributed by atoms with Crippen LogP contribution in [0.4, 0.5) is 20.2 Å². The molecule has 20 heavy (non-hydrogen) atoms. The van der Waals surface area contributed by atoms with Crippen molar-refractivity contribution < 1.29 is 21.4 Å². The van der Waals surface area contributed by atoms with E-state index in [9.17, 15) is 17.2 Å². The van der Waals surface area contributed by atoms with Crippen LogP contribution in [-0.2, 0) is 10.1 Å². The molecule has 0 aliphatic heterocycles. The van der Waals surface area contributed by atoms with Crippen LogP contribution in [0.2, 0.25) is 0 Å². The number of halogens is 2. The second-order valence-corrected chi connectivity index (χ2v) is 5.42. The lowest BCUT2D eigenvalue weighted by Gasteiger charge is -2.09. The average Bonchev–Trinajstić information content (AvgIpc) is 2.33. The first-order valence-electron chi connectivity index (χ1n) is 5.34. The van der Waals surface area contributed by atoms with Crippen LogP contribution in [-0.4, -0.2) is 8.42 Å². The van der Waals surface area contributed by atoms with Crippen molar-refractivity contribution in [2.45, 2.75) is 4.90 Å². The van der Waals surface area contributed by atoms with Crippen LogP contribution in [0.25, 0.3) is 0 Å². The molecule has 0 radical (unpaired) electrons. The molecule has 0 unspecified atom stereocenters. The molecule has 0 atom stereocenters. The molecule has 0 aliphatic carbocycles. The molecule has 0 spiro atoms. The number of rotatable bonds is 3. The van der Waals surface area contributed by atoms with Crippen LogP contribution in [0, 0.1) is 11.6 Å². The highest BCUT2D eigenvalue weighted by molar-refractivity contribution is 7.87. The predicted molar refractivity (Wildman–Crippen MR) is 69.4 cm³/mol. The third-order valence-electron chi connectivity index (χ3n) is 2.43. The van der Waals surface area contributed by atoms with E-state index < -0.39 is 26.6 Å². The van der Waals surface area contributed by atoms with Crippen LogP contribution in [0.5, 0.6) is 5.75 Å². The lowest BCUT2D eigenvalue weighted by molar-refractivity contribution is 0.474. The van der Waals surface area contributed by atoms with Gasteiger partial charge in [0.15, 0.2) is 0 Å². The van der Waals surface area contributed by atoms with Gasteiger partial charge in [0.05, 0.1) is 11.4 Å². The molecular formula is C12H10F2N2O3S. The minimum Gasteiger partial charge on any atom is -0.397 e. The predicted octanol–water partition coefficient (Wildman–Crippen LogP) is 1.90. The summed E-state index contributed by atoms with van der Waals surface area (Å²) < 4.78 is 54.7. The summed E-state index contributed by atoms with van der Waals surface area (Å²) in [6, 6.07) is 5.85. The Labute approximate surface area is 113 Å². The molecule has 4 N–H and O–H groups in total. The Balaban J connectivity index is 2.38. The van der Waals surface area contributed by atoms with Crippen molar-refractivity contribution in [1.29, 1.82) is 0 Å². The van der Waals surface area contributed by atoms with Gasteiger partial charge in [-0.05, 0) is 24.3 Å². The Morgan fingerprint density at radius 2 is 1.65 bits per heavy atom. The van der Waals surface area contributed by atoms with E-state index in [-0.39, 0.29) is 17.1 Å². The van der Waals surface area contributed by atoms with Crippen molar-refractivity contribution >= 4 is 21.5 Å². The third kappa shape index (κ3) is 2.80. The van der Waals surface area contributed by atoms with Crippen LogP contribution in [0.3, 0.4) is 0 Å².